The summed E-state index contributed by atoms with van der Waals surface area (Å²) in [5, 5.41) is 12.0. The molecule has 2 atom stereocenters. The number of nitrogens with two attached hydrogens (primary N) is 1. The molecule has 0 aliphatic rings. The number of carbonyl (C=O) groups excluding carboxylic acids is 1. The van der Waals surface area contributed by atoms with Crippen molar-refractivity contribution in [1.82, 2.24) is 5.32 Å². The molecule has 0 aromatic carbocycles. The molecule has 0 aromatic rings. The quantitative estimate of drug-likeness (QED) is 0.583. The van der Waals surface area contributed by atoms with Gasteiger partial charge in [0, 0.05) is 18.5 Å². The molecule has 0 rings (SSSR count). The van der Waals surface area contributed by atoms with Crippen molar-refractivity contribution < 1.29 is 9.90 Å². The van der Waals surface area contributed by atoms with E-state index in [0.717, 1.165) is 25.7 Å². The first-order chi connectivity index (χ1) is 7.52. The Morgan fingerprint density at radius 2 is 1.81 bits per heavy atom. The third kappa shape index (κ3) is 6.08. The molecule has 0 spiro atoms. The molecular weight excluding hydrogens is 204 g/mol. The minimum atomic E-state index is -0.587. The van der Waals surface area contributed by atoms with Gasteiger partial charge in [-0.15, -0.1) is 0 Å². The summed E-state index contributed by atoms with van der Waals surface area (Å²) < 4.78 is 0. The molecule has 0 aliphatic carbocycles. The van der Waals surface area contributed by atoms with Crippen LogP contribution in [0.2, 0.25) is 0 Å². The van der Waals surface area contributed by atoms with Gasteiger partial charge in [0.05, 0.1) is 6.10 Å². The van der Waals surface area contributed by atoms with Crippen LogP contribution in [-0.4, -0.2) is 29.7 Å². The summed E-state index contributed by atoms with van der Waals surface area (Å²) in [6.07, 6.45) is 3.28. The first-order valence-corrected chi connectivity index (χ1v) is 6.24. The number of hydrogen-bond acceptors (Lipinski definition) is 3. The third-order valence-electron chi connectivity index (χ3n) is 2.78. The number of nitrogens with one attached hydrogen (secondary N) is 1. The van der Waals surface area contributed by atoms with E-state index in [2.05, 4.69) is 19.2 Å². The maximum Gasteiger partial charge on any atom is 0.223 e. The Balaban J connectivity index is 3.99. The van der Waals surface area contributed by atoms with E-state index in [0.29, 0.717) is 6.54 Å². The van der Waals surface area contributed by atoms with Gasteiger partial charge in [-0.2, -0.15) is 0 Å². The molecule has 0 heterocycles. The standard InChI is InChI=1S/C12H26N2O2/c1-4-6-10(7-5-2)12(16)14-8-11(13)9(3)15/h9-11,15H,4-8,13H2,1-3H3,(H,14,16). The van der Waals surface area contributed by atoms with E-state index in [9.17, 15) is 9.90 Å². The molecule has 0 saturated heterocycles. The zero-order valence-electron chi connectivity index (χ0n) is 10.7. The fourth-order valence-electron chi connectivity index (χ4n) is 1.64. The number of aliphatic hydroxyl groups excluding tert-OH is 1. The van der Waals surface area contributed by atoms with E-state index in [-0.39, 0.29) is 17.9 Å². The van der Waals surface area contributed by atoms with Crippen molar-refractivity contribution in [2.45, 2.75) is 58.6 Å². The van der Waals surface area contributed by atoms with Gasteiger partial charge in [0.2, 0.25) is 5.91 Å². The summed E-state index contributed by atoms with van der Waals surface area (Å²) in [5.74, 6) is 0.163. The van der Waals surface area contributed by atoms with E-state index < -0.39 is 6.10 Å². The number of rotatable bonds is 8. The second-order valence-electron chi connectivity index (χ2n) is 4.42. The predicted octanol–water partition coefficient (Wildman–Crippen LogP) is 1.03. The van der Waals surface area contributed by atoms with Crippen LogP contribution in [0.5, 0.6) is 0 Å². The smallest absolute Gasteiger partial charge is 0.223 e. The molecule has 96 valence electrons. The van der Waals surface area contributed by atoms with Crippen LogP contribution in [0.25, 0.3) is 0 Å². The predicted molar refractivity (Wildman–Crippen MR) is 66.0 cm³/mol. The lowest BCUT2D eigenvalue weighted by atomic mass is 9.97. The highest BCUT2D eigenvalue weighted by Crippen LogP contribution is 2.13. The van der Waals surface area contributed by atoms with Gasteiger partial charge in [0.25, 0.3) is 0 Å². The Morgan fingerprint density at radius 1 is 1.31 bits per heavy atom. The highest BCUT2D eigenvalue weighted by Gasteiger charge is 2.17. The Labute approximate surface area is 98.6 Å². The topological polar surface area (TPSA) is 75.4 Å². The van der Waals surface area contributed by atoms with Crippen LogP contribution < -0.4 is 11.1 Å². The number of carbonyl (C=O) groups is 1. The van der Waals surface area contributed by atoms with Crippen molar-refractivity contribution in [3.8, 4) is 0 Å². The summed E-state index contributed by atoms with van der Waals surface area (Å²) in [6, 6.07) is -0.382. The highest BCUT2D eigenvalue weighted by molar-refractivity contribution is 5.78. The molecule has 0 aromatic heterocycles. The molecule has 0 radical (unpaired) electrons. The van der Waals surface area contributed by atoms with Crippen molar-refractivity contribution in [3.63, 3.8) is 0 Å². The van der Waals surface area contributed by atoms with Crippen molar-refractivity contribution in [2.24, 2.45) is 11.7 Å². The molecular formula is C12H26N2O2. The average Bonchev–Trinajstić information content (AvgIpc) is 2.24. The van der Waals surface area contributed by atoms with E-state index in [1.165, 1.54) is 0 Å². The van der Waals surface area contributed by atoms with Gasteiger partial charge in [0.1, 0.15) is 0 Å². The minimum absolute atomic E-state index is 0.0693. The molecule has 0 saturated carbocycles. The van der Waals surface area contributed by atoms with Crippen LogP contribution in [0.15, 0.2) is 0 Å². The van der Waals surface area contributed by atoms with Crippen LogP contribution in [0, 0.1) is 5.92 Å². The van der Waals surface area contributed by atoms with Gasteiger partial charge in [-0.25, -0.2) is 0 Å². The van der Waals surface area contributed by atoms with Crippen molar-refractivity contribution in [1.29, 1.82) is 0 Å². The second-order valence-corrected chi connectivity index (χ2v) is 4.42. The van der Waals surface area contributed by atoms with E-state index >= 15 is 0 Å². The molecule has 4 nitrogen and oxygen atoms in total. The SMILES string of the molecule is CCCC(CCC)C(=O)NCC(N)C(C)O. The van der Waals surface area contributed by atoms with Gasteiger partial charge < -0.3 is 16.2 Å². The van der Waals surface area contributed by atoms with E-state index in [1.807, 2.05) is 0 Å². The van der Waals surface area contributed by atoms with Crippen LogP contribution in [0.1, 0.15) is 46.5 Å². The first kappa shape index (κ1) is 15.4. The highest BCUT2D eigenvalue weighted by atomic mass is 16.3. The Hall–Kier alpha value is -0.610. The largest absolute Gasteiger partial charge is 0.392 e. The molecule has 0 aliphatic heterocycles. The maximum absolute atomic E-state index is 11.8. The summed E-state index contributed by atoms with van der Waals surface area (Å²) >= 11 is 0. The lowest BCUT2D eigenvalue weighted by Gasteiger charge is -2.19. The van der Waals surface area contributed by atoms with Gasteiger partial charge in [0.15, 0.2) is 0 Å². The first-order valence-electron chi connectivity index (χ1n) is 6.24. The third-order valence-corrected chi connectivity index (χ3v) is 2.78. The minimum Gasteiger partial charge on any atom is -0.392 e. The number of amides is 1. The van der Waals surface area contributed by atoms with Crippen LogP contribution in [-0.2, 0) is 4.79 Å². The van der Waals surface area contributed by atoms with Crippen LogP contribution in [0.3, 0.4) is 0 Å². The summed E-state index contributed by atoms with van der Waals surface area (Å²) in [4.78, 5) is 11.8. The van der Waals surface area contributed by atoms with Gasteiger partial charge in [-0.05, 0) is 19.8 Å². The summed E-state index contributed by atoms with van der Waals surface area (Å²) in [7, 11) is 0. The van der Waals surface area contributed by atoms with E-state index in [4.69, 9.17) is 5.73 Å². The molecule has 4 N–H and O–H groups in total. The van der Waals surface area contributed by atoms with Crippen molar-refractivity contribution in [2.75, 3.05) is 6.54 Å². The number of hydrogen-bond donors (Lipinski definition) is 3. The Morgan fingerprint density at radius 3 is 2.19 bits per heavy atom. The molecule has 4 heteroatoms. The molecule has 0 fully saturated rings. The lowest BCUT2D eigenvalue weighted by molar-refractivity contribution is -0.125. The fraction of sp³-hybridized carbons (Fsp3) is 0.917. The lowest BCUT2D eigenvalue weighted by Crippen LogP contribution is -2.45. The monoisotopic (exact) mass is 230 g/mol. The molecule has 1 amide bonds. The van der Waals surface area contributed by atoms with Crippen LogP contribution in [0.4, 0.5) is 0 Å². The fourth-order valence-corrected chi connectivity index (χ4v) is 1.64. The zero-order valence-corrected chi connectivity index (χ0v) is 10.7. The second kappa shape index (κ2) is 8.53. The van der Waals surface area contributed by atoms with Gasteiger partial charge in [-0.1, -0.05) is 26.7 Å². The Bertz CT molecular complexity index is 189. The van der Waals surface area contributed by atoms with Crippen molar-refractivity contribution in [3.05, 3.63) is 0 Å². The normalized spacial score (nSPS) is 14.9. The van der Waals surface area contributed by atoms with Gasteiger partial charge >= 0.3 is 0 Å². The Kier molecular flexibility index (Phi) is 8.21. The summed E-state index contributed by atoms with van der Waals surface area (Å²) in [5.41, 5.74) is 5.65. The summed E-state index contributed by atoms with van der Waals surface area (Å²) in [6.45, 7) is 6.14. The zero-order chi connectivity index (χ0) is 12.6. The van der Waals surface area contributed by atoms with Crippen LogP contribution >= 0.6 is 0 Å². The molecule has 0 bridgehead atoms. The van der Waals surface area contributed by atoms with Crippen molar-refractivity contribution >= 4 is 5.91 Å². The number of aliphatic hydroxyl groups is 1. The maximum atomic E-state index is 11.8. The molecule has 2 unspecified atom stereocenters. The van der Waals surface area contributed by atoms with Gasteiger partial charge in [-0.3, -0.25) is 4.79 Å². The van der Waals surface area contributed by atoms with E-state index in [1.54, 1.807) is 6.92 Å². The average molecular weight is 230 g/mol. The molecule has 16 heavy (non-hydrogen) atoms.